The number of aliphatic hydroxyl groups excluding tert-OH is 2. The van der Waals surface area contributed by atoms with E-state index in [1.807, 2.05) is 20.8 Å². The molecule has 0 aliphatic heterocycles. The van der Waals surface area contributed by atoms with Crippen LogP contribution < -0.4 is 0 Å². The molecular formula is C26H44O3. The Morgan fingerprint density at radius 1 is 1.14 bits per heavy atom. The van der Waals surface area contributed by atoms with Crippen molar-refractivity contribution in [2.45, 2.75) is 110 Å². The highest BCUT2D eigenvalue weighted by atomic mass is 16.3. The molecule has 0 heterocycles. The number of fused-ring (bicyclic) bond motifs is 1. The predicted molar refractivity (Wildman–Crippen MR) is 119 cm³/mol. The highest BCUT2D eigenvalue weighted by Gasteiger charge is 2.51. The van der Waals surface area contributed by atoms with Crippen molar-refractivity contribution in [3.05, 3.63) is 23.3 Å². The lowest BCUT2D eigenvalue weighted by atomic mass is 9.60. The topological polar surface area (TPSA) is 60.7 Å². The number of aliphatic hydroxyl groups is 3. The van der Waals surface area contributed by atoms with Gasteiger partial charge in [-0.05, 0) is 94.8 Å². The monoisotopic (exact) mass is 404 g/mol. The Kier molecular flexibility index (Phi) is 7.03. The summed E-state index contributed by atoms with van der Waals surface area (Å²) < 4.78 is 0. The van der Waals surface area contributed by atoms with Gasteiger partial charge in [-0.25, -0.2) is 0 Å². The molecule has 3 heteroatoms. The van der Waals surface area contributed by atoms with Crippen LogP contribution in [0.2, 0.25) is 0 Å². The van der Waals surface area contributed by atoms with Crippen LogP contribution >= 0.6 is 0 Å². The Bertz CT molecular complexity index is 614. The van der Waals surface area contributed by atoms with Gasteiger partial charge in [0.25, 0.3) is 0 Å². The van der Waals surface area contributed by atoms with E-state index in [1.165, 1.54) is 37.7 Å². The molecule has 1 unspecified atom stereocenters. The third-order valence-corrected chi connectivity index (χ3v) is 8.48. The summed E-state index contributed by atoms with van der Waals surface area (Å²) in [6.07, 6.45) is 13.1. The van der Waals surface area contributed by atoms with E-state index in [9.17, 15) is 15.3 Å². The average molecular weight is 405 g/mol. The molecule has 166 valence electrons. The summed E-state index contributed by atoms with van der Waals surface area (Å²) in [5.74, 6) is 1.88. The summed E-state index contributed by atoms with van der Waals surface area (Å²) >= 11 is 0. The van der Waals surface area contributed by atoms with Crippen LogP contribution in [0.3, 0.4) is 0 Å². The van der Waals surface area contributed by atoms with Crippen molar-refractivity contribution < 1.29 is 15.3 Å². The first-order valence-corrected chi connectivity index (χ1v) is 12.0. The third kappa shape index (κ3) is 4.99. The smallest absolute Gasteiger partial charge is 0.0630 e. The molecule has 3 aliphatic carbocycles. The first-order valence-electron chi connectivity index (χ1n) is 12.0. The lowest BCUT2D eigenvalue weighted by molar-refractivity contribution is -0.00702. The number of hydrogen-bond donors (Lipinski definition) is 3. The van der Waals surface area contributed by atoms with E-state index in [4.69, 9.17) is 0 Å². The van der Waals surface area contributed by atoms with Gasteiger partial charge < -0.3 is 15.3 Å². The number of allylic oxidation sites excluding steroid dienone is 3. The van der Waals surface area contributed by atoms with Gasteiger partial charge in [0.05, 0.1) is 17.8 Å². The van der Waals surface area contributed by atoms with Crippen LogP contribution in [0.1, 0.15) is 92.4 Å². The first kappa shape index (κ1) is 23.0. The zero-order valence-electron chi connectivity index (χ0n) is 19.3. The second-order valence-corrected chi connectivity index (χ2v) is 11.3. The molecule has 3 N–H and O–H groups in total. The molecule has 0 aromatic heterocycles. The van der Waals surface area contributed by atoms with Crippen molar-refractivity contribution in [1.29, 1.82) is 0 Å². The maximum Gasteiger partial charge on any atom is 0.0630 e. The standard InChI is InChI=1S/C26H44O3/c1-6-20-23(27)14-18(15-24(20)28)9-10-19-8-7-13-26(5)21(11-12-22(19)26)17(2)16-25(3,4)29/h9-10,17,20-24,27-29H,6-8,11-16H2,1-5H3/b18-9?,19-10+/t17-,20?,21+,22+,23-,24+,26+/m0/s1. The highest BCUT2D eigenvalue weighted by Crippen LogP contribution is 2.60. The molecule has 0 bridgehead atoms. The van der Waals surface area contributed by atoms with Crippen LogP contribution in [-0.4, -0.2) is 33.1 Å². The SMILES string of the molecule is CCC1[C@H](O)CC(=C/C=C2\CCC[C@@]3(C)[C@@H]2CC[C@@H]3[C@@H](C)CC(C)(C)O)C[C@@H]1O. The minimum absolute atomic E-state index is 0.0191. The molecule has 3 fully saturated rings. The summed E-state index contributed by atoms with van der Waals surface area (Å²) in [6.45, 7) is 10.8. The van der Waals surface area contributed by atoms with Crippen LogP contribution in [-0.2, 0) is 0 Å². The van der Waals surface area contributed by atoms with E-state index in [2.05, 4.69) is 26.0 Å². The molecule has 0 radical (unpaired) electrons. The molecule has 0 aromatic rings. The molecule has 29 heavy (non-hydrogen) atoms. The predicted octanol–water partition coefficient (Wildman–Crippen LogP) is 5.39. The Labute approximate surface area is 178 Å². The van der Waals surface area contributed by atoms with Gasteiger partial charge in [-0.3, -0.25) is 0 Å². The highest BCUT2D eigenvalue weighted by molar-refractivity contribution is 5.26. The first-order chi connectivity index (χ1) is 13.5. The van der Waals surface area contributed by atoms with E-state index in [0.29, 0.717) is 36.0 Å². The molecule has 0 saturated heterocycles. The van der Waals surface area contributed by atoms with Crippen molar-refractivity contribution in [3.8, 4) is 0 Å². The van der Waals surface area contributed by atoms with Gasteiger partial charge in [0.1, 0.15) is 0 Å². The Morgan fingerprint density at radius 2 is 1.79 bits per heavy atom. The van der Waals surface area contributed by atoms with Crippen LogP contribution in [0.5, 0.6) is 0 Å². The van der Waals surface area contributed by atoms with Gasteiger partial charge in [-0.15, -0.1) is 0 Å². The molecule has 7 atom stereocenters. The van der Waals surface area contributed by atoms with E-state index >= 15 is 0 Å². The minimum atomic E-state index is -0.593. The summed E-state index contributed by atoms with van der Waals surface area (Å²) in [7, 11) is 0. The Balaban J connectivity index is 1.74. The normalized spacial score (nSPS) is 42.3. The van der Waals surface area contributed by atoms with E-state index in [1.54, 1.807) is 5.57 Å². The third-order valence-electron chi connectivity index (χ3n) is 8.48. The van der Waals surface area contributed by atoms with Crippen molar-refractivity contribution in [2.75, 3.05) is 0 Å². The molecule has 3 nitrogen and oxygen atoms in total. The molecule has 3 aliphatic rings. The number of rotatable bonds is 5. The second-order valence-electron chi connectivity index (χ2n) is 11.3. The second kappa shape index (κ2) is 8.85. The van der Waals surface area contributed by atoms with Crippen LogP contribution in [0.25, 0.3) is 0 Å². The fourth-order valence-electron chi connectivity index (χ4n) is 7.23. The minimum Gasteiger partial charge on any atom is -0.392 e. The molecule has 3 saturated carbocycles. The van der Waals surface area contributed by atoms with Gasteiger partial charge in [-0.2, -0.15) is 0 Å². The van der Waals surface area contributed by atoms with Crippen LogP contribution in [0.4, 0.5) is 0 Å². The van der Waals surface area contributed by atoms with Crippen LogP contribution in [0, 0.1) is 29.1 Å². The van der Waals surface area contributed by atoms with Gasteiger partial charge >= 0.3 is 0 Å². The zero-order valence-corrected chi connectivity index (χ0v) is 19.3. The lowest BCUT2D eigenvalue weighted by Crippen LogP contribution is -2.38. The Hall–Kier alpha value is -0.640. The summed E-state index contributed by atoms with van der Waals surface area (Å²) in [5, 5.41) is 31.1. The number of hydrogen-bond acceptors (Lipinski definition) is 3. The maximum absolute atomic E-state index is 10.4. The van der Waals surface area contributed by atoms with Gasteiger partial charge in [0.15, 0.2) is 0 Å². The van der Waals surface area contributed by atoms with E-state index < -0.39 is 17.8 Å². The fraction of sp³-hybridized carbons (Fsp3) is 0.846. The van der Waals surface area contributed by atoms with Gasteiger partial charge in [0, 0.05) is 5.92 Å². The average Bonchev–Trinajstić information content (AvgIpc) is 2.96. The van der Waals surface area contributed by atoms with Crippen LogP contribution in [0.15, 0.2) is 23.3 Å². The van der Waals surface area contributed by atoms with Crippen molar-refractivity contribution in [1.82, 2.24) is 0 Å². The maximum atomic E-state index is 10.4. The quantitative estimate of drug-likeness (QED) is 0.575. The van der Waals surface area contributed by atoms with Crippen molar-refractivity contribution >= 4 is 0 Å². The zero-order chi connectivity index (χ0) is 21.4. The summed E-state index contributed by atoms with van der Waals surface area (Å²) in [5.41, 5.74) is 2.52. The molecular weight excluding hydrogens is 360 g/mol. The van der Waals surface area contributed by atoms with Gasteiger partial charge in [0.2, 0.25) is 0 Å². The largest absolute Gasteiger partial charge is 0.392 e. The van der Waals surface area contributed by atoms with Gasteiger partial charge in [-0.1, -0.05) is 44.1 Å². The molecule has 0 amide bonds. The Morgan fingerprint density at radius 3 is 2.38 bits per heavy atom. The van der Waals surface area contributed by atoms with E-state index in [-0.39, 0.29) is 5.92 Å². The van der Waals surface area contributed by atoms with E-state index in [0.717, 1.165) is 12.8 Å². The molecule has 0 aromatic carbocycles. The summed E-state index contributed by atoms with van der Waals surface area (Å²) in [4.78, 5) is 0. The fourth-order valence-corrected chi connectivity index (χ4v) is 7.23. The molecule has 3 rings (SSSR count). The molecule has 0 spiro atoms. The lowest BCUT2D eigenvalue weighted by Gasteiger charge is -2.45. The van der Waals surface area contributed by atoms with Crippen molar-refractivity contribution in [2.24, 2.45) is 29.1 Å². The summed E-state index contributed by atoms with van der Waals surface area (Å²) in [6, 6.07) is 0. The van der Waals surface area contributed by atoms with Crippen molar-refractivity contribution in [3.63, 3.8) is 0 Å².